The van der Waals surface area contributed by atoms with Crippen molar-refractivity contribution in [1.82, 2.24) is 20.1 Å². The molecule has 0 aliphatic carbocycles. The van der Waals surface area contributed by atoms with Gasteiger partial charge in [0.05, 0.1) is 6.54 Å². The molecule has 2 aromatic heterocycles. The zero-order valence-corrected chi connectivity index (χ0v) is 12.1. The third-order valence-electron chi connectivity index (χ3n) is 2.65. The molecular weight excluding hydrogens is 256 g/mol. The molecule has 0 radical (unpaired) electrons. The van der Waals surface area contributed by atoms with Crippen LogP contribution in [0.5, 0.6) is 0 Å². The van der Waals surface area contributed by atoms with Crippen LogP contribution in [0.2, 0.25) is 0 Å². The topological polar surface area (TPSA) is 88.8 Å². The summed E-state index contributed by atoms with van der Waals surface area (Å²) in [7, 11) is 0. The van der Waals surface area contributed by atoms with Crippen LogP contribution in [0.4, 0.5) is 11.6 Å². The lowest BCUT2D eigenvalue weighted by Crippen LogP contribution is -2.10. The van der Waals surface area contributed by atoms with Gasteiger partial charge in [-0.15, -0.1) is 0 Å². The Hall–Kier alpha value is -2.18. The minimum Gasteiger partial charge on any atom is -0.370 e. The molecule has 2 rings (SSSR count). The summed E-state index contributed by atoms with van der Waals surface area (Å²) in [6, 6.07) is 1.89. The fourth-order valence-electron chi connectivity index (χ4n) is 1.60. The second-order valence-corrected chi connectivity index (χ2v) is 4.78. The maximum atomic E-state index is 4.70. The molecule has 7 heteroatoms. The van der Waals surface area contributed by atoms with Crippen LogP contribution >= 0.6 is 0 Å². The first-order valence-electron chi connectivity index (χ1n) is 6.81. The van der Waals surface area contributed by atoms with Gasteiger partial charge in [0.25, 0.3) is 0 Å². The standard InChI is InChI=1S/C13H20N6O/c1-4-5-14-10-6-11(18-13(17-10)9(2)3)15-7-12-16-8-20-19-12/h6,8-9H,4-5,7H2,1-3H3,(H2,14,15,17,18). The Morgan fingerprint density at radius 1 is 1.20 bits per heavy atom. The quantitative estimate of drug-likeness (QED) is 0.802. The van der Waals surface area contributed by atoms with E-state index in [0.717, 1.165) is 30.4 Å². The fourth-order valence-corrected chi connectivity index (χ4v) is 1.60. The lowest BCUT2D eigenvalue weighted by atomic mass is 10.2. The summed E-state index contributed by atoms with van der Waals surface area (Å²) in [5.74, 6) is 3.26. The van der Waals surface area contributed by atoms with E-state index in [2.05, 4.69) is 51.5 Å². The van der Waals surface area contributed by atoms with Gasteiger partial charge in [0.15, 0.2) is 5.82 Å². The smallest absolute Gasteiger partial charge is 0.213 e. The van der Waals surface area contributed by atoms with E-state index < -0.39 is 0 Å². The molecule has 108 valence electrons. The second kappa shape index (κ2) is 6.83. The normalized spacial score (nSPS) is 10.8. The minimum absolute atomic E-state index is 0.268. The molecule has 0 fully saturated rings. The van der Waals surface area contributed by atoms with Crippen molar-refractivity contribution in [2.24, 2.45) is 0 Å². The number of hydrogen-bond acceptors (Lipinski definition) is 7. The molecule has 0 saturated heterocycles. The van der Waals surface area contributed by atoms with Gasteiger partial charge in [0.1, 0.15) is 17.5 Å². The van der Waals surface area contributed by atoms with Crippen LogP contribution in [0.3, 0.4) is 0 Å². The van der Waals surface area contributed by atoms with E-state index in [9.17, 15) is 0 Å². The van der Waals surface area contributed by atoms with Crippen LogP contribution in [-0.4, -0.2) is 26.7 Å². The summed E-state index contributed by atoms with van der Waals surface area (Å²) in [5.41, 5.74) is 0. The van der Waals surface area contributed by atoms with E-state index in [1.54, 1.807) is 0 Å². The highest BCUT2D eigenvalue weighted by Crippen LogP contribution is 2.17. The zero-order chi connectivity index (χ0) is 14.4. The Labute approximate surface area is 118 Å². The van der Waals surface area contributed by atoms with Crippen molar-refractivity contribution in [2.75, 3.05) is 17.2 Å². The molecule has 0 aromatic carbocycles. The first kappa shape index (κ1) is 14.2. The van der Waals surface area contributed by atoms with Crippen molar-refractivity contribution in [3.8, 4) is 0 Å². The van der Waals surface area contributed by atoms with Crippen LogP contribution < -0.4 is 10.6 Å². The summed E-state index contributed by atoms with van der Waals surface area (Å²) in [5, 5.41) is 10.2. The number of aromatic nitrogens is 4. The molecule has 20 heavy (non-hydrogen) atoms. The average Bonchev–Trinajstić information content (AvgIpc) is 2.96. The molecular formula is C13H20N6O. The van der Waals surface area contributed by atoms with Gasteiger partial charge in [-0.2, -0.15) is 4.98 Å². The van der Waals surface area contributed by atoms with E-state index in [1.807, 2.05) is 6.07 Å². The van der Waals surface area contributed by atoms with Crippen LogP contribution in [0.25, 0.3) is 0 Å². The van der Waals surface area contributed by atoms with Crippen molar-refractivity contribution >= 4 is 11.6 Å². The van der Waals surface area contributed by atoms with Gasteiger partial charge < -0.3 is 15.2 Å². The van der Waals surface area contributed by atoms with E-state index >= 15 is 0 Å². The molecule has 0 saturated carbocycles. The Bertz CT molecular complexity index is 526. The molecule has 0 amide bonds. The molecule has 2 aromatic rings. The zero-order valence-electron chi connectivity index (χ0n) is 12.1. The molecule has 0 aliphatic rings. The summed E-state index contributed by atoms with van der Waals surface area (Å²) in [6.07, 6.45) is 2.36. The van der Waals surface area contributed by atoms with Gasteiger partial charge in [0.2, 0.25) is 6.39 Å². The third-order valence-corrected chi connectivity index (χ3v) is 2.65. The molecule has 0 bridgehead atoms. The van der Waals surface area contributed by atoms with Gasteiger partial charge in [-0.1, -0.05) is 25.9 Å². The summed E-state index contributed by atoms with van der Waals surface area (Å²) >= 11 is 0. The SMILES string of the molecule is CCCNc1cc(NCc2ncon2)nc(C(C)C)n1. The lowest BCUT2D eigenvalue weighted by Gasteiger charge is -2.11. The summed E-state index contributed by atoms with van der Waals surface area (Å²) in [4.78, 5) is 13.0. The van der Waals surface area contributed by atoms with Crippen LogP contribution in [-0.2, 0) is 6.54 Å². The molecule has 2 heterocycles. The van der Waals surface area contributed by atoms with Gasteiger partial charge in [-0.3, -0.25) is 0 Å². The average molecular weight is 276 g/mol. The first-order valence-corrected chi connectivity index (χ1v) is 6.81. The molecule has 0 aliphatic heterocycles. The Kier molecular flexibility index (Phi) is 4.86. The minimum atomic E-state index is 0.268. The third kappa shape index (κ3) is 3.91. The summed E-state index contributed by atoms with van der Waals surface area (Å²) in [6.45, 7) is 7.62. The van der Waals surface area contributed by atoms with Crippen LogP contribution in [0, 0.1) is 0 Å². The second-order valence-electron chi connectivity index (χ2n) is 4.78. The van der Waals surface area contributed by atoms with Gasteiger partial charge in [-0.25, -0.2) is 9.97 Å². The Balaban J connectivity index is 2.11. The molecule has 0 unspecified atom stereocenters. The largest absolute Gasteiger partial charge is 0.370 e. The maximum Gasteiger partial charge on any atom is 0.213 e. The highest BCUT2D eigenvalue weighted by Gasteiger charge is 2.08. The molecule has 2 N–H and O–H groups in total. The highest BCUT2D eigenvalue weighted by atomic mass is 16.5. The van der Waals surface area contributed by atoms with Crippen molar-refractivity contribution in [3.63, 3.8) is 0 Å². The van der Waals surface area contributed by atoms with Gasteiger partial charge >= 0.3 is 0 Å². The van der Waals surface area contributed by atoms with Gasteiger partial charge in [0, 0.05) is 18.5 Å². The predicted molar refractivity (Wildman–Crippen MR) is 76.5 cm³/mol. The predicted octanol–water partition coefficient (Wildman–Crippen LogP) is 2.42. The Morgan fingerprint density at radius 2 is 1.95 bits per heavy atom. The van der Waals surface area contributed by atoms with E-state index in [4.69, 9.17) is 4.52 Å². The van der Waals surface area contributed by atoms with E-state index in [-0.39, 0.29) is 5.92 Å². The first-order chi connectivity index (χ1) is 9.69. The number of nitrogens with one attached hydrogen (secondary N) is 2. The van der Waals surface area contributed by atoms with Crippen molar-refractivity contribution in [1.29, 1.82) is 0 Å². The van der Waals surface area contributed by atoms with Gasteiger partial charge in [-0.05, 0) is 6.42 Å². The highest BCUT2D eigenvalue weighted by molar-refractivity contribution is 5.47. The Morgan fingerprint density at radius 3 is 2.55 bits per heavy atom. The number of nitrogens with zero attached hydrogens (tertiary/aromatic N) is 4. The van der Waals surface area contributed by atoms with Crippen molar-refractivity contribution in [2.45, 2.75) is 39.7 Å². The number of rotatable bonds is 7. The number of anilines is 2. The fraction of sp³-hybridized carbons (Fsp3) is 0.538. The maximum absolute atomic E-state index is 4.70. The lowest BCUT2D eigenvalue weighted by molar-refractivity contribution is 0.411. The van der Waals surface area contributed by atoms with Crippen molar-refractivity contribution in [3.05, 3.63) is 24.1 Å². The number of hydrogen-bond donors (Lipinski definition) is 2. The molecule has 0 spiro atoms. The van der Waals surface area contributed by atoms with Crippen molar-refractivity contribution < 1.29 is 4.52 Å². The van der Waals surface area contributed by atoms with Crippen LogP contribution in [0.1, 0.15) is 44.8 Å². The summed E-state index contributed by atoms with van der Waals surface area (Å²) < 4.78 is 4.70. The van der Waals surface area contributed by atoms with Crippen LogP contribution in [0.15, 0.2) is 17.0 Å². The molecule has 7 nitrogen and oxygen atoms in total. The molecule has 0 atom stereocenters. The van der Waals surface area contributed by atoms with E-state index in [1.165, 1.54) is 6.39 Å². The van der Waals surface area contributed by atoms with E-state index in [0.29, 0.717) is 12.4 Å². The monoisotopic (exact) mass is 276 g/mol.